The lowest BCUT2D eigenvalue weighted by Crippen LogP contribution is -2.48. The monoisotopic (exact) mass is 248 g/mol. The number of thiophene rings is 1. The van der Waals surface area contributed by atoms with Gasteiger partial charge in [-0.1, -0.05) is 0 Å². The first kappa shape index (κ1) is 11.2. The fourth-order valence-corrected chi connectivity index (χ4v) is 4.19. The Morgan fingerprint density at radius 3 is 3.29 bits per heavy atom. The van der Waals surface area contributed by atoms with Crippen molar-refractivity contribution < 1.29 is 4.74 Å². The van der Waals surface area contributed by atoms with E-state index in [1.54, 1.807) is 11.3 Å². The molecule has 17 heavy (non-hydrogen) atoms. The van der Waals surface area contributed by atoms with Crippen LogP contribution in [-0.4, -0.2) is 19.2 Å². The van der Waals surface area contributed by atoms with E-state index < -0.39 is 0 Å². The van der Waals surface area contributed by atoms with Crippen molar-refractivity contribution in [1.29, 1.82) is 5.26 Å². The Morgan fingerprint density at radius 1 is 1.65 bits per heavy atom. The zero-order valence-electron chi connectivity index (χ0n) is 9.95. The van der Waals surface area contributed by atoms with Crippen molar-refractivity contribution in [3.05, 3.63) is 21.4 Å². The van der Waals surface area contributed by atoms with Gasteiger partial charge in [0.15, 0.2) is 0 Å². The maximum absolute atomic E-state index is 9.03. The summed E-state index contributed by atoms with van der Waals surface area (Å²) in [5.74, 6) is 0. The molecule has 0 aliphatic carbocycles. The van der Waals surface area contributed by atoms with Crippen LogP contribution in [0.4, 0.5) is 0 Å². The minimum absolute atomic E-state index is 0.113. The van der Waals surface area contributed by atoms with E-state index in [9.17, 15) is 0 Å². The Labute approximate surface area is 105 Å². The number of hydrogen-bond donors (Lipinski definition) is 1. The van der Waals surface area contributed by atoms with Crippen LogP contribution in [0.5, 0.6) is 0 Å². The molecular weight excluding hydrogens is 232 g/mol. The number of rotatable bonds is 0. The van der Waals surface area contributed by atoms with Crippen LogP contribution in [0.25, 0.3) is 0 Å². The molecule has 1 aromatic rings. The van der Waals surface area contributed by atoms with E-state index in [0.717, 1.165) is 37.3 Å². The third kappa shape index (κ3) is 1.79. The van der Waals surface area contributed by atoms with Gasteiger partial charge in [0, 0.05) is 10.9 Å². The first-order chi connectivity index (χ1) is 8.23. The van der Waals surface area contributed by atoms with E-state index in [1.165, 1.54) is 10.4 Å². The highest BCUT2D eigenvalue weighted by Gasteiger charge is 2.42. The predicted octanol–water partition coefficient (Wildman–Crippen LogP) is 2.16. The minimum Gasteiger partial charge on any atom is -0.369 e. The van der Waals surface area contributed by atoms with Gasteiger partial charge in [-0.05, 0) is 44.4 Å². The smallest absolute Gasteiger partial charge is 0.110 e. The summed E-state index contributed by atoms with van der Waals surface area (Å²) in [6.07, 6.45) is 3.00. The molecule has 90 valence electrons. The lowest BCUT2D eigenvalue weighted by molar-refractivity contribution is -0.0848. The third-order valence-corrected chi connectivity index (χ3v) is 5.01. The average molecular weight is 248 g/mol. The Bertz CT molecular complexity index is 476. The van der Waals surface area contributed by atoms with Gasteiger partial charge in [0.05, 0.1) is 6.61 Å². The van der Waals surface area contributed by atoms with Gasteiger partial charge in [0.25, 0.3) is 0 Å². The molecule has 3 heterocycles. The van der Waals surface area contributed by atoms with E-state index in [-0.39, 0.29) is 5.60 Å². The lowest BCUT2D eigenvalue weighted by Gasteiger charge is -2.42. The zero-order valence-corrected chi connectivity index (χ0v) is 10.8. The molecule has 4 heteroatoms. The van der Waals surface area contributed by atoms with Crippen molar-refractivity contribution >= 4 is 11.3 Å². The summed E-state index contributed by atoms with van der Waals surface area (Å²) in [6.45, 7) is 4.00. The van der Waals surface area contributed by atoms with Crippen LogP contribution in [0.3, 0.4) is 0 Å². The second-order valence-electron chi connectivity index (χ2n) is 4.98. The molecule has 1 spiro atoms. The topological polar surface area (TPSA) is 45.0 Å². The van der Waals surface area contributed by atoms with Crippen LogP contribution < -0.4 is 5.32 Å². The van der Waals surface area contributed by atoms with Gasteiger partial charge < -0.3 is 10.1 Å². The van der Waals surface area contributed by atoms with Gasteiger partial charge in [0.2, 0.25) is 0 Å². The van der Waals surface area contributed by atoms with Gasteiger partial charge in [-0.2, -0.15) is 5.26 Å². The van der Waals surface area contributed by atoms with Crippen LogP contribution in [0.15, 0.2) is 6.07 Å². The van der Waals surface area contributed by atoms with Crippen LogP contribution in [-0.2, 0) is 16.8 Å². The summed E-state index contributed by atoms with van der Waals surface area (Å²) < 4.78 is 6.12. The highest BCUT2D eigenvalue weighted by molar-refractivity contribution is 7.12. The van der Waals surface area contributed by atoms with Gasteiger partial charge in [-0.25, -0.2) is 0 Å². The molecule has 1 saturated heterocycles. The molecule has 3 nitrogen and oxygen atoms in total. The normalized spacial score (nSPS) is 32.1. The lowest BCUT2D eigenvalue weighted by atomic mass is 9.83. The van der Waals surface area contributed by atoms with Crippen molar-refractivity contribution in [2.24, 2.45) is 0 Å². The number of piperidine rings is 1. The first-order valence-corrected chi connectivity index (χ1v) is 6.96. The summed E-state index contributed by atoms with van der Waals surface area (Å²) in [5, 5.41) is 12.5. The molecule has 0 saturated carbocycles. The molecule has 1 N–H and O–H groups in total. The standard InChI is InChI=1S/C13H16N2OS/c1-9-7-13(3-4-15-9)12-10(2-5-16-13)6-11(8-14)17-12/h6,9,15H,2-5,7H2,1H3/t9-,13+/m0/s1. The second kappa shape index (κ2) is 4.09. The molecule has 2 aliphatic rings. The third-order valence-electron chi connectivity index (χ3n) is 3.74. The number of nitriles is 1. The second-order valence-corrected chi connectivity index (χ2v) is 6.03. The summed E-state index contributed by atoms with van der Waals surface area (Å²) in [5.41, 5.74) is 1.23. The molecule has 1 aromatic heterocycles. The molecule has 3 rings (SSSR count). The Balaban J connectivity index is 2.03. The van der Waals surface area contributed by atoms with E-state index in [4.69, 9.17) is 10.00 Å². The van der Waals surface area contributed by atoms with Gasteiger partial charge in [-0.3, -0.25) is 0 Å². The maximum atomic E-state index is 9.03. The predicted molar refractivity (Wildman–Crippen MR) is 67.1 cm³/mol. The summed E-state index contributed by atoms with van der Waals surface area (Å²) in [4.78, 5) is 2.14. The molecule has 0 unspecified atom stereocenters. The number of fused-ring (bicyclic) bond motifs is 2. The molecule has 0 bridgehead atoms. The quantitative estimate of drug-likeness (QED) is 0.765. The van der Waals surface area contributed by atoms with Crippen LogP contribution in [0, 0.1) is 11.3 Å². The Hall–Kier alpha value is -0.890. The van der Waals surface area contributed by atoms with Crippen LogP contribution in [0.1, 0.15) is 35.1 Å². The fourth-order valence-electron chi connectivity index (χ4n) is 3.00. The molecule has 0 amide bonds. The van der Waals surface area contributed by atoms with E-state index in [1.807, 2.05) is 0 Å². The highest BCUT2D eigenvalue weighted by atomic mass is 32.1. The van der Waals surface area contributed by atoms with Crippen molar-refractivity contribution in [2.75, 3.05) is 13.2 Å². The molecule has 0 aromatic carbocycles. The Morgan fingerprint density at radius 2 is 2.53 bits per heavy atom. The van der Waals surface area contributed by atoms with Gasteiger partial charge >= 0.3 is 0 Å². The van der Waals surface area contributed by atoms with Crippen LogP contribution >= 0.6 is 11.3 Å². The number of nitrogens with one attached hydrogen (secondary N) is 1. The molecule has 2 aliphatic heterocycles. The number of nitrogens with zero attached hydrogens (tertiary/aromatic N) is 1. The highest BCUT2D eigenvalue weighted by Crippen LogP contribution is 2.45. The Kier molecular flexibility index (Phi) is 2.70. The van der Waals surface area contributed by atoms with Crippen LogP contribution in [0.2, 0.25) is 0 Å². The van der Waals surface area contributed by atoms with E-state index in [2.05, 4.69) is 24.4 Å². The van der Waals surface area contributed by atoms with Gasteiger partial charge in [-0.15, -0.1) is 11.3 Å². The number of hydrogen-bond acceptors (Lipinski definition) is 4. The van der Waals surface area contributed by atoms with E-state index >= 15 is 0 Å². The minimum atomic E-state index is -0.113. The molecule has 2 atom stereocenters. The van der Waals surface area contributed by atoms with Gasteiger partial charge in [0.1, 0.15) is 16.5 Å². The summed E-state index contributed by atoms with van der Waals surface area (Å²) >= 11 is 1.63. The van der Waals surface area contributed by atoms with E-state index in [0.29, 0.717) is 6.04 Å². The average Bonchev–Trinajstić information content (AvgIpc) is 2.74. The fraction of sp³-hybridized carbons (Fsp3) is 0.615. The first-order valence-electron chi connectivity index (χ1n) is 6.14. The largest absolute Gasteiger partial charge is 0.369 e. The number of ether oxygens (including phenoxy) is 1. The molecular formula is C13H16N2OS. The summed E-state index contributed by atoms with van der Waals surface area (Å²) in [6, 6.07) is 4.81. The zero-order chi connectivity index (χ0) is 11.9. The SMILES string of the molecule is C[C@H]1C[C@@]2(CCN1)OCCc1cc(C#N)sc12. The molecule has 1 fully saturated rings. The van der Waals surface area contributed by atoms with Crippen molar-refractivity contribution in [1.82, 2.24) is 5.32 Å². The summed E-state index contributed by atoms with van der Waals surface area (Å²) in [7, 11) is 0. The van der Waals surface area contributed by atoms with Crippen molar-refractivity contribution in [3.8, 4) is 6.07 Å². The van der Waals surface area contributed by atoms with Crippen molar-refractivity contribution in [2.45, 2.75) is 37.8 Å². The maximum Gasteiger partial charge on any atom is 0.110 e. The van der Waals surface area contributed by atoms with Crippen molar-refractivity contribution in [3.63, 3.8) is 0 Å². The molecule has 0 radical (unpaired) electrons.